The van der Waals surface area contributed by atoms with Gasteiger partial charge in [0.15, 0.2) is 0 Å². The number of hydrogen-bond donors (Lipinski definition) is 1. The second-order valence-electron chi connectivity index (χ2n) is 8.73. The molecule has 3 atom stereocenters. The number of nitrogens with zero attached hydrogens (tertiary/aromatic N) is 3. The lowest BCUT2D eigenvalue weighted by Gasteiger charge is -2.24. The van der Waals surface area contributed by atoms with Gasteiger partial charge >= 0.3 is 6.18 Å². The Hall–Kier alpha value is -2.93. The van der Waals surface area contributed by atoms with Gasteiger partial charge in [-0.1, -0.05) is 6.08 Å². The Morgan fingerprint density at radius 1 is 1.17 bits per heavy atom. The minimum absolute atomic E-state index is 0.0458. The Morgan fingerprint density at radius 3 is 2.53 bits per heavy atom. The summed E-state index contributed by atoms with van der Waals surface area (Å²) in [4.78, 5) is 20.7. The zero-order chi connectivity index (χ0) is 26.1. The van der Waals surface area contributed by atoms with Crippen molar-refractivity contribution in [3.8, 4) is 0 Å². The van der Waals surface area contributed by atoms with E-state index in [1.165, 1.54) is 12.4 Å². The van der Waals surface area contributed by atoms with Crippen LogP contribution in [0.5, 0.6) is 0 Å². The molecule has 2 aromatic rings. The second kappa shape index (κ2) is 10.2. The van der Waals surface area contributed by atoms with Crippen LogP contribution in [-0.4, -0.2) is 53.5 Å². The number of allylic oxidation sites excluding steroid dienone is 2. The Bertz CT molecular complexity index is 1250. The van der Waals surface area contributed by atoms with E-state index < -0.39 is 52.6 Å². The predicted molar refractivity (Wildman–Crippen MR) is 119 cm³/mol. The average molecular weight is 531 g/mol. The van der Waals surface area contributed by atoms with Gasteiger partial charge < -0.3 is 5.32 Å². The Balaban J connectivity index is 1.43. The van der Waals surface area contributed by atoms with Crippen LogP contribution in [0.3, 0.4) is 0 Å². The third-order valence-electron chi connectivity index (χ3n) is 6.30. The van der Waals surface area contributed by atoms with Crippen molar-refractivity contribution in [2.45, 2.75) is 55.5 Å². The first-order valence-corrected chi connectivity index (χ1v) is 12.7. The number of aromatic nitrogens is 2. The summed E-state index contributed by atoms with van der Waals surface area (Å²) in [5.74, 6) is -2.76. The molecule has 0 bridgehead atoms. The maximum atomic E-state index is 14.2. The maximum Gasteiger partial charge on any atom is 0.392 e. The van der Waals surface area contributed by atoms with Crippen LogP contribution >= 0.6 is 0 Å². The lowest BCUT2D eigenvalue weighted by atomic mass is 9.88. The third kappa shape index (κ3) is 5.72. The van der Waals surface area contributed by atoms with E-state index in [-0.39, 0.29) is 37.1 Å². The number of rotatable bonds is 6. The van der Waals surface area contributed by atoms with Crippen molar-refractivity contribution in [1.29, 1.82) is 0 Å². The summed E-state index contributed by atoms with van der Waals surface area (Å²) in [6.45, 7) is -0.632. The minimum Gasteiger partial charge on any atom is -0.349 e. The third-order valence-corrected chi connectivity index (χ3v) is 8.19. The molecule has 1 aliphatic heterocycles. The monoisotopic (exact) mass is 530 g/mol. The van der Waals surface area contributed by atoms with Crippen molar-refractivity contribution in [2.75, 3.05) is 6.54 Å². The number of carbonyl (C=O) groups excluding carboxylic acids is 1. The van der Waals surface area contributed by atoms with Crippen LogP contribution in [0, 0.1) is 11.7 Å². The lowest BCUT2D eigenvalue weighted by molar-refractivity contribution is -0.175. The molecule has 0 radical (unpaired) electrons. The zero-order valence-electron chi connectivity index (χ0n) is 18.9. The molecule has 4 rings (SSSR count). The first-order valence-electron chi connectivity index (χ1n) is 11.2. The Labute approximate surface area is 204 Å². The molecule has 7 nitrogen and oxygen atoms in total. The van der Waals surface area contributed by atoms with E-state index in [9.17, 15) is 35.2 Å². The molecule has 1 saturated heterocycles. The molecule has 13 heteroatoms. The Morgan fingerprint density at radius 2 is 1.89 bits per heavy atom. The molecule has 194 valence electrons. The number of sulfonamides is 1. The van der Waals surface area contributed by atoms with Gasteiger partial charge in [0.05, 0.1) is 28.7 Å². The molecule has 0 saturated carbocycles. The van der Waals surface area contributed by atoms with Crippen LogP contribution in [0.4, 0.5) is 22.0 Å². The van der Waals surface area contributed by atoms with E-state index in [0.29, 0.717) is 17.0 Å². The fourth-order valence-corrected chi connectivity index (χ4v) is 5.96. The fraction of sp³-hybridized carbons (Fsp3) is 0.435. The smallest absolute Gasteiger partial charge is 0.349 e. The summed E-state index contributed by atoms with van der Waals surface area (Å²) in [5.41, 5.74) is 1.45. The zero-order valence-corrected chi connectivity index (χ0v) is 19.7. The SMILES string of the molecule is O=C(NCc1cc(C2=CCC(C(F)(F)F)CC2)ncn1)[C@@H]1C[C@@H](F)CN1S(=O)(=O)c1ccc(F)cc1. The molecular weight excluding hydrogens is 507 g/mol. The topological polar surface area (TPSA) is 92.3 Å². The van der Waals surface area contributed by atoms with Crippen molar-refractivity contribution in [1.82, 2.24) is 19.6 Å². The predicted octanol–water partition coefficient (Wildman–Crippen LogP) is 3.78. The molecule has 0 spiro atoms. The summed E-state index contributed by atoms with van der Waals surface area (Å²) in [6, 6.07) is 4.25. The molecular formula is C23H23F5N4O3S. The quantitative estimate of drug-likeness (QED) is 0.574. The molecule has 1 amide bonds. The van der Waals surface area contributed by atoms with E-state index in [0.717, 1.165) is 28.6 Å². The molecule has 1 fully saturated rings. The molecule has 1 unspecified atom stereocenters. The van der Waals surface area contributed by atoms with Gasteiger partial charge in [-0.3, -0.25) is 4.79 Å². The molecule has 1 N–H and O–H groups in total. The van der Waals surface area contributed by atoms with E-state index >= 15 is 0 Å². The molecule has 1 aromatic carbocycles. The van der Waals surface area contributed by atoms with Gasteiger partial charge in [0.2, 0.25) is 15.9 Å². The van der Waals surface area contributed by atoms with Gasteiger partial charge in [0.25, 0.3) is 0 Å². The van der Waals surface area contributed by atoms with Gasteiger partial charge in [0, 0.05) is 13.0 Å². The Kier molecular flexibility index (Phi) is 7.41. The van der Waals surface area contributed by atoms with Crippen molar-refractivity contribution in [3.05, 3.63) is 59.9 Å². The van der Waals surface area contributed by atoms with Gasteiger partial charge in [-0.2, -0.15) is 17.5 Å². The number of amides is 1. The van der Waals surface area contributed by atoms with Gasteiger partial charge in [-0.25, -0.2) is 27.2 Å². The number of carbonyl (C=O) groups is 1. The molecule has 2 aliphatic rings. The van der Waals surface area contributed by atoms with E-state index in [4.69, 9.17) is 0 Å². The number of benzene rings is 1. The molecule has 36 heavy (non-hydrogen) atoms. The number of alkyl halides is 4. The van der Waals surface area contributed by atoms with Crippen molar-refractivity contribution < 1.29 is 35.2 Å². The highest BCUT2D eigenvalue weighted by molar-refractivity contribution is 7.89. The van der Waals surface area contributed by atoms with Crippen molar-refractivity contribution in [2.24, 2.45) is 5.92 Å². The van der Waals surface area contributed by atoms with Crippen LogP contribution in [0.15, 0.2) is 47.6 Å². The van der Waals surface area contributed by atoms with Crippen molar-refractivity contribution in [3.63, 3.8) is 0 Å². The van der Waals surface area contributed by atoms with E-state index in [1.807, 2.05) is 0 Å². The van der Waals surface area contributed by atoms with E-state index in [1.54, 1.807) is 6.07 Å². The van der Waals surface area contributed by atoms with Crippen LogP contribution in [-0.2, 0) is 21.4 Å². The van der Waals surface area contributed by atoms with Crippen molar-refractivity contribution >= 4 is 21.5 Å². The summed E-state index contributed by atoms with van der Waals surface area (Å²) < 4.78 is 92.7. The van der Waals surface area contributed by atoms with Gasteiger partial charge in [-0.05, 0) is 55.2 Å². The van der Waals surface area contributed by atoms with Gasteiger partial charge in [0.1, 0.15) is 24.4 Å². The molecule has 2 heterocycles. The minimum atomic E-state index is -4.25. The summed E-state index contributed by atoms with van der Waals surface area (Å²) in [7, 11) is -4.25. The molecule has 1 aliphatic carbocycles. The lowest BCUT2D eigenvalue weighted by Crippen LogP contribution is -2.45. The number of hydrogen-bond acceptors (Lipinski definition) is 5. The average Bonchev–Trinajstić information content (AvgIpc) is 3.25. The van der Waals surface area contributed by atoms with E-state index in [2.05, 4.69) is 15.3 Å². The number of halogens is 5. The maximum absolute atomic E-state index is 14.2. The van der Waals surface area contributed by atoms with Crippen LogP contribution < -0.4 is 5.32 Å². The fourth-order valence-electron chi connectivity index (χ4n) is 4.33. The molecule has 1 aromatic heterocycles. The largest absolute Gasteiger partial charge is 0.392 e. The van der Waals surface area contributed by atoms with Crippen LogP contribution in [0.1, 0.15) is 37.1 Å². The summed E-state index contributed by atoms with van der Waals surface area (Å²) >= 11 is 0. The standard InChI is InChI=1S/C23H23F5N4O3S/c24-16-5-7-19(8-6-16)36(34,35)32-12-17(25)9-21(32)22(33)29-11-18-10-20(31-13-30-18)14-1-3-15(4-2-14)23(26,27)28/h1,5-8,10,13,15,17,21H,2-4,9,11-12H2,(H,29,33)/t15?,17-,21+/m1/s1. The second-order valence-corrected chi connectivity index (χ2v) is 10.6. The summed E-state index contributed by atoms with van der Waals surface area (Å²) in [6.07, 6.45) is -3.40. The first-order chi connectivity index (χ1) is 16.9. The normalized spacial score (nSPS) is 23.4. The summed E-state index contributed by atoms with van der Waals surface area (Å²) in [5, 5.41) is 2.55. The van der Waals surface area contributed by atoms with Crippen LogP contribution in [0.25, 0.3) is 5.57 Å². The highest BCUT2D eigenvalue weighted by atomic mass is 32.2. The number of nitrogens with one attached hydrogen (secondary N) is 1. The highest BCUT2D eigenvalue weighted by Crippen LogP contribution is 2.39. The van der Waals surface area contributed by atoms with Gasteiger partial charge in [-0.15, -0.1) is 0 Å². The first kappa shape index (κ1) is 26.1. The highest BCUT2D eigenvalue weighted by Gasteiger charge is 2.44. The van der Waals surface area contributed by atoms with Crippen LogP contribution in [0.2, 0.25) is 0 Å².